The quantitative estimate of drug-likeness (QED) is 0.778. The molecule has 23 heavy (non-hydrogen) atoms. The summed E-state index contributed by atoms with van der Waals surface area (Å²) in [6.07, 6.45) is -4.25. The zero-order valence-electron chi connectivity index (χ0n) is 12.8. The van der Waals surface area contributed by atoms with Crippen LogP contribution < -0.4 is 0 Å². The summed E-state index contributed by atoms with van der Waals surface area (Å²) >= 11 is 0. The van der Waals surface area contributed by atoms with Gasteiger partial charge in [-0.2, -0.15) is 13.2 Å². The molecule has 1 saturated heterocycles. The Hall–Kier alpha value is -1.63. The van der Waals surface area contributed by atoms with Crippen molar-refractivity contribution in [3.8, 4) is 0 Å². The monoisotopic (exact) mass is 330 g/mol. The molecular weight excluding hydrogens is 312 g/mol. The number of benzene rings is 1. The molecule has 1 unspecified atom stereocenters. The van der Waals surface area contributed by atoms with Gasteiger partial charge in [-0.05, 0) is 42.6 Å². The van der Waals surface area contributed by atoms with Crippen molar-refractivity contribution >= 4 is 5.91 Å². The Kier molecular flexibility index (Phi) is 4.08. The van der Waals surface area contributed by atoms with Gasteiger partial charge in [0.25, 0.3) is 5.91 Å². The van der Waals surface area contributed by atoms with Crippen LogP contribution in [0.15, 0.2) is 12.1 Å². The smallest absolute Gasteiger partial charge is 0.337 e. The summed E-state index contributed by atoms with van der Waals surface area (Å²) in [7, 11) is 1.49. The van der Waals surface area contributed by atoms with Crippen LogP contribution in [0.3, 0.4) is 0 Å². The summed E-state index contributed by atoms with van der Waals surface area (Å²) in [6, 6.07) is 2.63. The lowest BCUT2D eigenvalue weighted by Gasteiger charge is -2.29. The first-order chi connectivity index (χ1) is 10.8. The Balaban J connectivity index is 1.94. The van der Waals surface area contributed by atoms with Crippen LogP contribution in [-0.2, 0) is 19.3 Å². The van der Waals surface area contributed by atoms with Crippen molar-refractivity contribution in [1.82, 2.24) is 9.80 Å². The minimum atomic E-state index is -4.50. The summed E-state index contributed by atoms with van der Waals surface area (Å²) in [5, 5.41) is 0. The SMILES string of the molecule is CN1Cc2c(cc(CN3CCCC(F)C3)cc2C(F)(F)F)C1=O. The van der Waals surface area contributed by atoms with Gasteiger partial charge in [-0.1, -0.05) is 0 Å². The van der Waals surface area contributed by atoms with Crippen LogP contribution >= 0.6 is 0 Å². The molecule has 0 spiro atoms. The number of halogens is 4. The molecule has 1 amide bonds. The fraction of sp³-hybridized carbons (Fsp3) is 0.562. The van der Waals surface area contributed by atoms with E-state index < -0.39 is 23.8 Å². The van der Waals surface area contributed by atoms with E-state index in [0.29, 0.717) is 24.9 Å². The number of likely N-dealkylation sites (tertiary alicyclic amines) is 1. The lowest BCUT2D eigenvalue weighted by atomic mass is 9.98. The molecule has 0 bridgehead atoms. The van der Waals surface area contributed by atoms with Crippen molar-refractivity contribution in [3.63, 3.8) is 0 Å². The average molecular weight is 330 g/mol. The fourth-order valence-electron chi connectivity index (χ4n) is 3.35. The fourth-order valence-corrected chi connectivity index (χ4v) is 3.35. The number of carbonyl (C=O) groups is 1. The van der Waals surface area contributed by atoms with Gasteiger partial charge in [-0.3, -0.25) is 9.69 Å². The molecule has 1 aromatic carbocycles. The van der Waals surface area contributed by atoms with Crippen LogP contribution in [0.1, 0.15) is 39.9 Å². The van der Waals surface area contributed by atoms with Crippen LogP contribution in [0.4, 0.5) is 17.6 Å². The largest absolute Gasteiger partial charge is 0.416 e. The third-order valence-electron chi connectivity index (χ3n) is 4.44. The molecule has 0 aliphatic carbocycles. The number of fused-ring (bicyclic) bond motifs is 1. The van der Waals surface area contributed by atoms with E-state index in [1.165, 1.54) is 18.0 Å². The number of alkyl halides is 4. The summed E-state index contributed by atoms with van der Waals surface area (Å²) in [6.45, 7) is 1.09. The molecule has 3 rings (SSSR count). The second-order valence-electron chi connectivity index (χ2n) is 6.30. The van der Waals surface area contributed by atoms with Crippen molar-refractivity contribution in [2.75, 3.05) is 20.1 Å². The van der Waals surface area contributed by atoms with E-state index >= 15 is 0 Å². The highest BCUT2D eigenvalue weighted by Crippen LogP contribution is 2.38. The summed E-state index contributed by atoms with van der Waals surface area (Å²) in [5.74, 6) is -0.394. The van der Waals surface area contributed by atoms with Gasteiger partial charge in [0.2, 0.25) is 0 Å². The molecule has 2 heterocycles. The Morgan fingerprint density at radius 2 is 2.04 bits per heavy atom. The molecule has 2 aliphatic rings. The Bertz CT molecular complexity index is 629. The summed E-state index contributed by atoms with van der Waals surface area (Å²) < 4.78 is 53.4. The standard InChI is InChI=1S/C16H18F4N2O/c1-21-9-13-12(15(21)23)5-10(6-14(13)16(18,19)20)7-22-4-2-3-11(17)8-22/h5-6,11H,2-4,7-9H2,1H3. The lowest BCUT2D eigenvalue weighted by molar-refractivity contribution is -0.138. The molecule has 0 radical (unpaired) electrons. The van der Waals surface area contributed by atoms with Crippen LogP contribution in [0, 0.1) is 0 Å². The van der Waals surface area contributed by atoms with Crippen molar-refractivity contribution in [3.05, 3.63) is 34.4 Å². The molecule has 0 saturated carbocycles. The van der Waals surface area contributed by atoms with Gasteiger partial charge in [-0.25, -0.2) is 4.39 Å². The van der Waals surface area contributed by atoms with Gasteiger partial charge in [0.05, 0.1) is 5.56 Å². The Labute approximate surface area is 131 Å². The lowest BCUT2D eigenvalue weighted by Crippen LogP contribution is -2.35. The van der Waals surface area contributed by atoms with Gasteiger partial charge >= 0.3 is 6.18 Å². The van der Waals surface area contributed by atoms with E-state index in [1.54, 1.807) is 4.90 Å². The highest BCUT2D eigenvalue weighted by molar-refractivity contribution is 5.98. The van der Waals surface area contributed by atoms with E-state index in [1.807, 2.05) is 0 Å². The number of amides is 1. The zero-order chi connectivity index (χ0) is 16.8. The number of piperidine rings is 1. The molecule has 1 atom stereocenters. The highest BCUT2D eigenvalue weighted by Gasteiger charge is 2.39. The van der Waals surface area contributed by atoms with Crippen LogP contribution in [0.25, 0.3) is 0 Å². The maximum absolute atomic E-state index is 13.5. The van der Waals surface area contributed by atoms with Gasteiger partial charge in [0, 0.05) is 32.2 Å². The molecule has 1 aromatic rings. The molecular formula is C16H18F4N2O. The number of hydrogen-bond acceptors (Lipinski definition) is 2. The average Bonchev–Trinajstić information content (AvgIpc) is 2.73. The molecule has 3 nitrogen and oxygen atoms in total. The topological polar surface area (TPSA) is 23.6 Å². The summed E-state index contributed by atoms with van der Waals surface area (Å²) in [4.78, 5) is 15.1. The van der Waals surface area contributed by atoms with Gasteiger partial charge < -0.3 is 4.90 Å². The predicted molar refractivity (Wildman–Crippen MR) is 76.6 cm³/mol. The van der Waals surface area contributed by atoms with Gasteiger partial charge in [-0.15, -0.1) is 0 Å². The minimum absolute atomic E-state index is 0.0282. The van der Waals surface area contributed by atoms with Gasteiger partial charge in [0.15, 0.2) is 0 Å². The normalized spacial score (nSPS) is 22.6. The summed E-state index contributed by atoms with van der Waals surface area (Å²) in [5.41, 5.74) is -0.188. The first kappa shape index (κ1) is 16.2. The van der Waals surface area contributed by atoms with Crippen molar-refractivity contribution in [1.29, 1.82) is 0 Å². The Morgan fingerprint density at radius 1 is 1.30 bits per heavy atom. The number of rotatable bonds is 2. The Morgan fingerprint density at radius 3 is 2.70 bits per heavy atom. The first-order valence-corrected chi connectivity index (χ1v) is 7.60. The first-order valence-electron chi connectivity index (χ1n) is 7.60. The molecule has 0 N–H and O–H groups in total. The third kappa shape index (κ3) is 3.20. The van der Waals surface area contributed by atoms with Crippen LogP contribution in [0.2, 0.25) is 0 Å². The zero-order valence-corrected chi connectivity index (χ0v) is 12.8. The van der Waals surface area contributed by atoms with Crippen LogP contribution in [-0.4, -0.2) is 42.0 Å². The van der Waals surface area contributed by atoms with E-state index in [2.05, 4.69) is 0 Å². The predicted octanol–water partition coefficient (Wildman–Crippen LogP) is 3.22. The van der Waals surface area contributed by atoms with E-state index in [-0.39, 0.29) is 30.8 Å². The van der Waals surface area contributed by atoms with E-state index in [4.69, 9.17) is 0 Å². The van der Waals surface area contributed by atoms with Crippen molar-refractivity contribution in [2.45, 2.75) is 38.3 Å². The van der Waals surface area contributed by atoms with E-state index in [9.17, 15) is 22.4 Å². The maximum atomic E-state index is 13.5. The molecule has 1 fully saturated rings. The molecule has 7 heteroatoms. The number of nitrogens with zero attached hydrogens (tertiary/aromatic N) is 2. The highest BCUT2D eigenvalue weighted by atomic mass is 19.4. The second-order valence-corrected chi connectivity index (χ2v) is 6.30. The second kappa shape index (κ2) is 5.78. The molecule has 126 valence electrons. The maximum Gasteiger partial charge on any atom is 0.416 e. The van der Waals surface area contributed by atoms with Gasteiger partial charge in [0.1, 0.15) is 6.17 Å². The third-order valence-corrected chi connectivity index (χ3v) is 4.44. The molecule has 0 aromatic heterocycles. The number of carbonyl (C=O) groups excluding carboxylic acids is 1. The molecule has 2 aliphatic heterocycles. The van der Waals surface area contributed by atoms with Crippen molar-refractivity contribution < 1.29 is 22.4 Å². The van der Waals surface area contributed by atoms with Crippen LogP contribution in [0.5, 0.6) is 0 Å². The minimum Gasteiger partial charge on any atom is -0.337 e. The number of hydrogen-bond donors (Lipinski definition) is 0. The van der Waals surface area contributed by atoms with Crippen molar-refractivity contribution in [2.24, 2.45) is 0 Å². The van der Waals surface area contributed by atoms with E-state index in [0.717, 1.165) is 6.07 Å².